The Morgan fingerprint density at radius 3 is 2.30 bits per heavy atom. The number of aryl methyl sites for hydroxylation is 2. The molecule has 1 N–H and O–H groups in total. The van der Waals surface area contributed by atoms with E-state index in [-0.39, 0.29) is 13.1 Å². The summed E-state index contributed by atoms with van der Waals surface area (Å²) in [5.74, 6) is -0.681. The zero-order valence-electron chi connectivity index (χ0n) is 12.8. The van der Waals surface area contributed by atoms with Gasteiger partial charge in [0.15, 0.2) is 0 Å². The molecule has 2 heterocycles. The summed E-state index contributed by atoms with van der Waals surface area (Å²) in [6.07, 6.45) is 0. The molecule has 0 saturated heterocycles. The maximum atomic E-state index is 12.2. The maximum absolute atomic E-state index is 12.2. The SMILES string of the molecule is Cc1noc(C)c1CNC(=O)CN1C(=O)c2ccccc2C1=O. The van der Waals surface area contributed by atoms with Gasteiger partial charge in [0.05, 0.1) is 16.8 Å². The van der Waals surface area contributed by atoms with Gasteiger partial charge in [0, 0.05) is 12.1 Å². The number of hydrogen-bond donors (Lipinski definition) is 1. The molecule has 0 radical (unpaired) electrons. The van der Waals surface area contributed by atoms with E-state index in [4.69, 9.17) is 4.52 Å². The standard InChI is InChI=1S/C16H15N3O4/c1-9-13(10(2)23-18-9)7-17-14(20)8-19-15(21)11-5-3-4-6-12(11)16(19)22/h3-6H,7-8H2,1-2H3,(H,17,20). The highest BCUT2D eigenvalue weighted by molar-refractivity contribution is 6.22. The molecule has 2 aromatic rings. The fourth-order valence-corrected chi connectivity index (χ4v) is 2.52. The molecular weight excluding hydrogens is 298 g/mol. The summed E-state index contributed by atoms with van der Waals surface area (Å²) in [6, 6.07) is 6.53. The van der Waals surface area contributed by atoms with Gasteiger partial charge >= 0.3 is 0 Å². The Labute approximate surface area is 132 Å². The summed E-state index contributed by atoms with van der Waals surface area (Å²) in [5, 5.41) is 6.48. The van der Waals surface area contributed by atoms with Crippen LogP contribution in [0.25, 0.3) is 0 Å². The van der Waals surface area contributed by atoms with Crippen LogP contribution in [0.2, 0.25) is 0 Å². The minimum atomic E-state index is -0.446. The lowest BCUT2D eigenvalue weighted by atomic mass is 10.1. The van der Waals surface area contributed by atoms with Gasteiger partial charge in [0.2, 0.25) is 5.91 Å². The minimum Gasteiger partial charge on any atom is -0.361 e. The van der Waals surface area contributed by atoms with Crippen molar-refractivity contribution in [3.8, 4) is 0 Å². The summed E-state index contributed by atoms with van der Waals surface area (Å²) in [6.45, 7) is 3.46. The van der Waals surface area contributed by atoms with E-state index in [0.717, 1.165) is 10.5 Å². The van der Waals surface area contributed by atoms with Crippen molar-refractivity contribution in [2.24, 2.45) is 0 Å². The Morgan fingerprint density at radius 2 is 1.78 bits per heavy atom. The predicted octanol–water partition coefficient (Wildman–Crippen LogP) is 1.20. The highest BCUT2D eigenvalue weighted by Crippen LogP contribution is 2.22. The molecule has 0 unspecified atom stereocenters. The van der Waals surface area contributed by atoms with Crippen LogP contribution in [-0.4, -0.2) is 34.3 Å². The average Bonchev–Trinajstić information content (AvgIpc) is 2.98. The van der Waals surface area contributed by atoms with Crippen molar-refractivity contribution in [2.45, 2.75) is 20.4 Å². The molecule has 0 fully saturated rings. The van der Waals surface area contributed by atoms with Crippen molar-refractivity contribution >= 4 is 17.7 Å². The second-order valence-electron chi connectivity index (χ2n) is 5.32. The van der Waals surface area contributed by atoms with Gasteiger partial charge in [-0.1, -0.05) is 17.3 Å². The van der Waals surface area contributed by atoms with Crippen molar-refractivity contribution in [3.05, 3.63) is 52.4 Å². The molecule has 7 heteroatoms. The highest BCUT2D eigenvalue weighted by Gasteiger charge is 2.36. The van der Waals surface area contributed by atoms with Gasteiger partial charge in [-0.25, -0.2) is 0 Å². The van der Waals surface area contributed by atoms with Gasteiger partial charge in [0.25, 0.3) is 11.8 Å². The fourth-order valence-electron chi connectivity index (χ4n) is 2.52. The van der Waals surface area contributed by atoms with Crippen LogP contribution in [0.15, 0.2) is 28.8 Å². The molecule has 0 bridgehead atoms. The van der Waals surface area contributed by atoms with Crippen LogP contribution < -0.4 is 5.32 Å². The van der Waals surface area contributed by atoms with Crippen LogP contribution in [0.1, 0.15) is 37.7 Å². The number of nitrogens with one attached hydrogen (secondary N) is 1. The molecule has 0 saturated carbocycles. The number of benzene rings is 1. The van der Waals surface area contributed by atoms with Crippen molar-refractivity contribution < 1.29 is 18.9 Å². The first-order valence-corrected chi connectivity index (χ1v) is 7.12. The Kier molecular flexibility index (Phi) is 3.69. The van der Waals surface area contributed by atoms with Gasteiger partial charge < -0.3 is 9.84 Å². The summed E-state index contributed by atoms with van der Waals surface area (Å²) >= 11 is 0. The van der Waals surface area contributed by atoms with Crippen molar-refractivity contribution in [2.75, 3.05) is 6.54 Å². The van der Waals surface area contributed by atoms with Crippen LogP contribution >= 0.6 is 0 Å². The van der Waals surface area contributed by atoms with E-state index in [9.17, 15) is 14.4 Å². The van der Waals surface area contributed by atoms with Crippen LogP contribution in [0.4, 0.5) is 0 Å². The highest BCUT2D eigenvalue weighted by atomic mass is 16.5. The molecule has 3 amide bonds. The Morgan fingerprint density at radius 1 is 1.17 bits per heavy atom. The van der Waals surface area contributed by atoms with Gasteiger partial charge in [-0.3, -0.25) is 19.3 Å². The minimum absolute atomic E-state index is 0.239. The Hall–Kier alpha value is -2.96. The summed E-state index contributed by atoms with van der Waals surface area (Å²) in [4.78, 5) is 37.4. The molecule has 1 aromatic carbocycles. The fraction of sp³-hybridized carbons (Fsp3) is 0.250. The molecule has 7 nitrogen and oxygen atoms in total. The van der Waals surface area contributed by atoms with Crippen LogP contribution in [0, 0.1) is 13.8 Å². The lowest BCUT2D eigenvalue weighted by molar-refractivity contribution is -0.121. The molecule has 3 rings (SSSR count). The summed E-state index contributed by atoms with van der Waals surface area (Å²) < 4.78 is 5.02. The maximum Gasteiger partial charge on any atom is 0.262 e. The first-order valence-electron chi connectivity index (χ1n) is 7.12. The topological polar surface area (TPSA) is 92.5 Å². The second-order valence-corrected chi connectivity index (χ2v) is 5.32. The molecule has 0 atom stereocenters. The lowest BCUT2D eigenvalue weighted by Gasteiger charge is -2.13. The number of hydrogen-bond acceptors (Lipinski definition) is 5. The van der Waals surface area contributed by atoms with Gasteiger partial charge in [-0.15, -0.1) is 0 Å². The van der Waals surface area contributed by atoms with Gasteiger partial charge in [-0.2, -0.15) is 0 Å². The van der Waals surface area contributed by atoms with Crippen LogP contribution in [0.5, 0.6) is 0 Å². The van der Waals surface area contributed by atoms with E-state index >= 15 is 0 Å². The Balaban J connectivity index is 1.65. The smallest absolute Gasteiger partial charge is 0.262 e. The molecule has 1 aliphatic heterocycles. The van der Waals surface area contributed by atoms with Crippen molar-refractivity contribution in [1.29, 1.82) is 0 Å². The number of rotatable bonds is 4. The third kappa shape index (κ3) is 2.61. The van der Waals surface area contributed by atoms with Crippen molar-refractivity contribution in [3.63, 3.8) is 0 Å². The predicted molar refractivity (Wildman–Crippen MR) is 79.6 cm³/mol. The zero-order chi connectivity index (χ0) is 16.6. The van der Waals surface area contributed by atoms with E-state index in [1.165, 1.54) is 0 Å². The molecule has 0 spiro atoms. The molecule has 0 aliphatic carbocycles. The second kappa shape index (κ2) is 5.68. The number of imide groups is 1. The number of carbonyl (C=O) groups excluding carboxylic acids is 3. The first-order chi connectivity index (χ1) is 11.0. The van der Waals surface area contributed by atoms with E-state index in [2.05, 4.69) is 10.5 Å². The number of carbonyl (C=O) groups is 3. The van der Waals surface area contributed by atoms with Crippen LogP contribution in [0.3, 0.4) is 0 Å². The average molecular weight is 313 g/mol. The largest absolute Gasteiger partial charge is 0.361 e. The zero-order valence-corrected chi connectivity index (χ0v) is 12.8. The normalized spacial score (nSPS) is 13.4. The third-order valence-electron chi connectivity index (χ3n) is 3.82. The molecular formula is C16H15N3O4. The van der Waals surface area contributed by atoms with E-state index in [1.807, 2.05) is 0 Å². The summed E-state index contributed by atoms with van der Waals surface area (Å²) in [5.41, 5.74) is 2.15. The lowest BCUT2D eigenvalue weighted by Crippen LogP contribution is -2.40. The number of aromatic nitrogens is 1. The van der Waals surface area contributed by atoms with Crippen molar-refractivity contribution in [1.82, 2.24) is 15.4 Å². The van der Waals surface area contributed by atoms with E-state index < -0.39 is 17.7 Å². The molecule has 118 valence electrons. The molecule has 1 aromatic heterocycles. The third-order valence-corrected chi connectivity index (χ3v) is 3.82. The quantitative estimate of drug-likeness (QED) is 0.856. The molecule has 23 heavy (non-hydrogen) atoms. The summed E-state index contributed by atoms with van der Waals surface area (Å²) in [7, 11) is 0. The Bertz CT molecular complexity index is 755. The number of fused-ring (bicyclic) bond motifs is 1. The first kappa shape index (κ1) is 15.0. The molecule has 1 aliphatic rings. The van der Waals surface area contributed by atoms with E-state index in [0.29, 0.717) is 22.6 Å². The number of nitrogens with zero attached hydrogens (tertiary/aromatic N) is 2. The van der Waals surface area contributed by atoms with Gasteiger partial charge in [-0.05, 0) is 26.0 Å². The van der Waals surface area contributed by atoms with E-state index in [1.54, 1.807) is 38.1 Å². The van der Waals surface area contributed by atoms with Gasteiger partial charge in [0.1, 0.15) is 12.3 Å². The van der Waals surface area contributed by atoms with Crippen LogP contribution in [-0.2, 0) is 11.3 Å². The monoisotopic (exact) mass is 313 g/mol. The number of amides is 3.